The van der Waals surface area contributed by atoms with E-state index < -0.39 is 0 Å². The molecule has 3 nitrogen and oxygen atoms in total. The summed E-state index contributed by atoms with van der Waals surface area (Å²) in [5, 5.41) is 0. The molecule has 4 heteroatoms. The highest BCUT2D eigenvalue weighted by molar-refractivity contribution is 5.85. The Morgan fingerprint density at radius 3 is 2.44 bits per heavy atom. The van der Waals surface area contributed by atoms with Crippen molar-refractivity contribution in [2.24, 2.45) is 11.5 Å². The van der Waals surface area contributed by atoms with Crippen molar-refractivity contribution in [2.45, 2.75) is 32.4 Å². The van der Waals surface area contributed by atoms with E-state index in [0.29, 0.717) is 6.54 Å². The predicted molar refractivity (Wildman–Crippen MR) is 70.1 cm³/mol. The molecule has 0 bridgehead atoms. The van der Waals surface area contributed by atoms with Crippen LogP contribution in [0.4, 0.5) is 0 Å². The number of hydrogen-bond donors (Lipinski definition) is 2. The molecule has 0 aliphatic rings. The Labute approximate surface area is 104 Å². The third-order valence-corrected chi connectivity index (χ3v) is 2.16. The van der Waals surface area contributed by atoms with Crippen molar-refractivity contribution in [1.29, 1.82) is 0 Å². The molecule has 92 valence electrons. The van der Waals surface area contributed by atoms with Gasteiger partial charge in [0.05, 0.1) is 6.10 Å². The molecule has 0 fully saturated rings. The zero-order chi connectivity index (χ0) is 11.3. The van der Waals surface area contributed by atoms with Crippen LogP contribution >= 0.6 is 12.4 Å². The van der Waals surface area contributed by atoms with Gasteiger partial charge in [-0.25, -0.2) is 0 Å². The molecule has 16 heavy (non-hydrogen) atoms. The molecule has 0 aromatic heterocycles. The van der Waals surface area contributed by atoms with Crippen LogP contribution in [-0.4, -0.2) is 12.6 Å². The molecule has 0 amide bonds. The molecule has 0 radical (unpaired) electrons. The summed E-state index contributed by atoms with van der Waals surface area (Å²) in [5.74, 6) is 0.869. The normalized spacial score (nSPS) is 12.1. The van der Waals surface area contributed by atoms with Crippen molar-refractivity contribution >= 4 is 12.4 Å². The number of rotatable bonds is 5. The summed E-state index contributed by atoms with van der Waals surface area (Å²) < 4.78 is 5.69. The fourth-order valence-corrected chi connectivity index (χ4v) is 1.48. The second-order valence-electron chi connectivity index (χ2n) is 3.89. The van der Waals surface area contributed by atoms with Crippen LogP contribution in [0, 0.1) is 0 Å². The lowest BCUT2D eigenvalue weighted by molar-refractivity contribution is 0.238. The van der Waals surface area contributed by atoms with E-state index in [1.54, 1.807) is 0 Å². The molecule has 1 aromatic rings. The summed E-state index contributed by atoms with van der Waals surface area (Å²) >= 11 is 0. The first-order valence-corrected chi connectivity index (χ1v) is 5.36. The van der Waals surface area contributed by atoms with E-state index in [-0.39, 0.29) is 24.6 Å². The summed E-state index contributed by atoms with van der Waals surface area (Å²) in [7, 11) is 0. The zero-order valence-electron chi connectivity index (χ0n) is 9.85. The fraction of sp³-hybridized carbons (Fsp3) is 0.500. The first kappa shape index (κ1) is 15.2. The van der Waals surface area contributed by atoms with Crippen LogP contribution in [0.15, 0.2) is 24.3 Å². The van der Waals surface area contributed by atoms with Gasteiger partial charge in [0.1, 0.15) is 5.75 Å². The number of nitrogens with two attached hydrogens (primary N) is 2. The molecule has 4 N–H and O–H groups in total. The minimum atomic E-state index is -0.0371. The van der Waals surface area contributed by atoms with Gasteiger partial charge in [0.2, 0.25) is 0 Å². The second-order valence-corrected chi connectivity index (χ2v) is 3.89. The first-order valence-electron chi connectivity index (χ1n) is 5.36. The molecule has 1 rings (SSSR count). The maximum atomic E-state index is 6.02. The van der Waals surface area contributed by atoms with E-state index in [9.17, 15) is 0 Å². The van der Waals surface area contributed by atoms with Crippen LogP contribution in [0.5, 0.6) is 5.75 Å². The highest BCUT2D eigenvalue weighted by atomic mass is 35.5. The van der Waals surface area contributed by atoms with Gasteiger partial charge in [-0.3, -0.25) is 0 Å². The van der Waals surface area contributed by atoms with Crippen molar-refractivity contribution in [3.05, 3.63) is 29.8 Å². The lowest BCUT2D eigenvalue weighted by atomic mass is 10.0. The van der Waals surface area contributed by atoms with Gasteiger partial charge in [-0.05, 0) is 32.9 Å². The molecular formula is C12H21ClN2O. The average Bonchev–Trinajstić information content (AvgIpc) is 2.18. The number of ether oxygens (including phenoxy) is 1. The van der Waals surface area contributed by atoms with E-state index in [1.807, 2.05) is 38.1 Å². The van der Waals surface area contributed by atoms with E-state index in [4.69, 9.17) is 16.2 Å². The Balaban J connectivity index is 0.00000225. The fourth-order valence-electron chi connectivity index (χ4n) is 1.48. The number of para-hydroxylation sites is 1. The lowest BCUT2D eigenvalue weighted by Gasteiger charge is -2.18. The molecule has 0 aliphatic carbocycles. The van der Waals surface area contributed by atoms with E-state index in [2.05, 4.69) is 0 Å². The maximum absolute atomic E-state index is 6.02. The Morgan fingerprint density at radius 1 is 1.25 bits per heavy atom. The molecule has 0 heterocycles. The van der Waals surface area contributed by atoms with Gasteiger partial charge in [0.25, 0.3) is 0 Å². The van der Waals surface area contributed by atoms with E-state index in [1.165, 1.54) is 0 Å². The maximum Gasteiger partial charge on any atom is 0.124 e. The van der Waals surface area contributed by atoms with Crippen molar-refractivity contribution in [2.75, 3.05) is 6.54 Å². The summed E-state index contributed by atoms with van der Waals surface area (Å²) in [6.45, 7) is 4.60. The van der Waals surface area contributed by atoms with Crippen molar-refractivity contribution < 1.29 is 4.74 Å². The monoisotopic (exact) mass is 244 g/mol. The van der Waals surface area contributed by atoms with Crippen LogP contribution in [0.2, 0.25) is 0 Å². The van der Waals surface area contributed by atoms with Crippen LogP contribution in [0.25, 0.3) is 0 Å². The largest absolute Gasteiger partial charge is 0.491 e. The van der Waals surface area contributed by atoms with Crippen LogP contribution in [-0.2, 0) is 0 Å². The Hall–Kier alpha value is -0.770. The molecule has 0 unspecified atom stereocenters. The predicted octanol–water partition coefficient (Wildman–Crippen LogP) is 2.24. The van der Waals surface area contributed by atoms with Crippen molar-refractivity contribution in [3.63, 3.8) is 0 Å². The summed E-state index contributed by atoms with van der Waals surface area (Å²) in [6.07, 6.45) is 0.939. The number of halogens is 1. The number of hydrogen-bond acceptors (Lipinski definition) is 3. The van der Waals surface area contributed by atoms with Gasteiger partial charge < -0.3 is 16.2 Å². The van der Waals surface area contributed by atoms with Crippen LogP contribution in [0.3, 0.4) is 0 Å². The SMILES string of the molecule is CC(C)Oc1ccccc1[C@@H](N)CCN.Cl. The van der Waals surface area contributed by atoms with Gasteiger partial charge in [-0.1, -0.05) is 18.2 Å². The van der Waals surface area contributed by atoms with Gasteiger partial charge in [-0.2, -0.15) is 0 Å². The summed E-state index contributed by atoms with van der Waals surface area (Å²) in [4.78, 5) is 0. The van der Waals surface area contributed by atoms with Gasteiger partial charge in [0.15, 0.2) is 0 Å². The van der Waals surface area contributed by atoms with Gasteiger partial charge >= 0.3 is 0 Å². The van der Waals surface area contributed by atoms with Crippen molar-refractivity contribution in [3.8, 4) is 5.75 Å². The second kappa shape index (κ2) is 7.49. The quantitative estimate of drug-likeness (QED) is 0.835. The minimum Gasteiger partial charge on any atom is -0.491 e. The molecule has 1 aromatic carbocycles. The molecule has 0 aliphatic heterocycles. The molecular weight excluding hydrogens is 224 g/mol. The van der Waals surface area contributed by atoms with Crippen molar-refractivity contribution in [1.82, 2.24) is 0 Å². The summed E-state index contributed by atoms with van der Waals surface area (Å²) in [6, 6.07) is 7.84. The standard InChI is InChI=1S/C12H20N2O.ClH/c1-9(2)15-12-6-4-3-5-10(12)11(14)7-8-13;/h3-6,9,11H,7-8,13-14H2,1-2H3;1H/t11-;/m0./s1. The molecule has 1 atom stereocenters. The zero-order valence-corrected chi connectivity index (χ0v) is 10.7. The highest BCUT2D eigenvalue weighted by Gasteiger charge is 2.11. The molecule has 0 saturated carbocycles. The topological polar surface area (TPSA) is 61.3 Å². The van der Waals surface area contributed by atoms with Gasteiger partial charge in [0, 0.05) is 11.6 Å². The Kier molecular flexibility index (Phi) is 7.13. The van der Waals surface area contributed by atoms with Crippen LogP contribution in [0.1, 0.15) is 31.9 Å². The molecule has 0 saturated heterocycles. The van der Waals surface area contributed by atoms with E-state index >= 15 is 0 Å². The Morgan fingerprint density at radius 2 is 1.88 bits per heavy atom. The smallest absolute Gasteiger partial charge is 0.124 e. The third-order valence-electron chi connectivity index (χ3n) is 2.16. The van der Waals surface area contributed by atoms with Gasteiger partial charge in [-0.15, -0.1) is 12.4 Å². The first-order chi connectivity index (χ1) is 7.15. The highest BCUT2D eigenvalue weighted by Crippen LogP contribution is 2.25. The third kappa shape index (κ3) is 4.39. The van der Waals surface area contributed by atoms with E-state index in [0.717, 1.165) is 17.7 Å². The summed E-state index contributed by atoms with van der Waals surface area (Å²) in [5.41, 5.74) is 12.6. The Bertz CT molecular complexity index is 305. The average molecular weight is 245 g/mol. The van der Waals surface area contributed by atoms with Crippen LogP contribution < -0.4 is 16.2 Å². The minimum absolute atomic E-state index is 0. The number of benzene rings is 1. The molecule has 0 spiro atoms. The lowest BCUT2D eigenvalue weighted by Crippen LogP contribution is -2.17.